The largest absolute Gasteiger partial charge is 0.384 e. The van der Waals surface area contributed by atoms with Crippen LogP contribution in [0.5, 0.6) is 0 Å². The van der Waals surface area contributed by atoms with E-state index < -0.39 is 56.3 Å². The lowest BCUT2D eigenvalue weighted by molar-refractivity contribution is -0.137. The zero-order valence-electron chi connectivity index (χ0n) is 65.2. The molecule has 3 aliphatic heterocycles. The number of pyridine rings is 1. The fraction of sp³-hybridized carbons (Fsp3) is 0.383. The number of fused-ring (bicyclic) bond motifs is 2. The summed E-state index contributed by atoms with van der Waals surface area (Å²) >= 11 is 0. The van der Waals surface area contributed by atoms with Crippen LogP contribution in [0.2, 0.25) is 0 Å². The molecule has 8 heterocycles. The Hall–Kier alpha value is -11.8. The molecule has 1 atom stereocenters. The number of nitrogens with two attached hydrogens (primary N) is 1. The lowest BCUT2D eigenvalue weighted by Crippen LogP contribution is -2.54. The van der Waals surface area contributed by atoms with E-state index in [0.717, 1.165) is 60.1 Å². The Balaban J connectivity index is 0.564. The second-order valence-electron chi connectivity index (χ2n) is 28.8. The molecule has 116 heavy (non-hydrogen) atoms. The molecule has 35 heteroatoms. The third-order valence-corrected chi connectivity index (χ3v) is 22.0. The van der Waals surface area contributed by atoms with Gasteiger partial charge in [-0.1, -0.05) is 59.8 Å². The molecule has 9 aromatic rings. The number of imide groups is 2. The van der Waals surface area contributed by atoms with Crippen molar-refractivity contribution in [3.05, 3.63) is 173 Å². The number of nitrogen functional groups attached to an aromatic ring is 1. The Kier molecular flexibility index (Phi) is 27.4. The third-order valence-electron chi connectivity index (χ3n) is 19.8. The maximum absolute atomic E-state index is 13.8. The van der Waals surface area contributed by atoms with Gasteiger partial charge in [-0.2, -0.15) is 4.98 Å². The van der Waals surface area contributed by atoms with E-state index in [1.54, 1.807) is 91.7 Å². The molecule has 34 nitrogen and oxygen atoms in total. The number of carbonyl (C=O) groups excluding carboxylic acids is 7. The molecule has 2 fully saturated rings. The van der Waals surface area contributed by atoms with Crippen LogP contribution in [0.1, 0.15) is 85.4 Å². The number of carbonyl (C=O) groups is 7. The van der Waals surface area contributed by atoms with Crippen LogP contribution in [-0.4, -0.2) is 244 Å². The number of allylic oxidation sites excluding steroid dienone is 1. The van der Waals surface area contributed by atoms with E-state index in [2.05, 4.69) is 62.7 Å². The molecule has 0 saturated carbocycles. The predicted octanol–water partition coefficient (Wildman–Crippen LogP) is 5.76. The van der Waals surface area contributed by atoms with Gasteiger partial charge in [0.2, 0.25) is 35.5 Å². The molecular weight excluding hydrogens is 1510 g/mol. The molecule has 610 valence electrons. The normalized spacial score (nSPS) is 14.7. The van der Waals surface area contributed by atoms with Crippen molar-refractivity contribution in [2.75, 3.05) is 140 Å². The van der Waals surface area contributed by atoms with Gasteiger partial charge in [0.05, 0.1) is 104 Å². The first-order chi connectivity index (χ1) is 55.8. The number of aliphatic hydroxyl groups is 1. The summed E-state index contributed by atoms with van der Waals surface area (Å²) in [6.07, 6.45) is 4.86. The van der Waals surface area contributed by atoms with Gasteiger partial charge < -0.3 is 65.0 Å². The fourth-order valence-electron chi connectivity index (χ4n) is 13.3. The SMILES string of the molecule is C=CCn1c(=O)c2cnc(Nc3ccc(N4CCN(CCOCCOCCN(CCOCCOCC(=O)N(C)Cc5ccc(-c6cc(-c7nc(-c8ccc(S(=O)(=O)C(C)C)cc8)cnc7N)on6)cc5)C(=O)CNCCCC(=O)Nc5cccc6c5C(=O)N(C5CCC(=O)NC5=O)C6=O)CC4)cc3)nc2n1-c1cccc(C(C)(C)O)n1. The Bertz CT molecular complexity index is 5240. The van der Waals surface area contributed by atoms with Gasteiger partial charge in [0.25, 0.3) is 17.4 Å². The van der Waals surface area contributed by atoms with E-state index in [-0.39, 0.29) is 154 Å². The number of aromatic nitrogens is 8. The van der Waals surface area contributed by atoms with Crippen molar-refractivity contribution in [2.45, 2.75) is 88.3 Å². The highest BCUT2D eigenvalue weighted by Crippen LogP contribution is 2.35. The number of amides is 7. The van der Waals surface area contributed by atoms with E-state index in [4.69, 9.17) is 34.2 Å². The molecule has 12 rings (SSSR count). The number of nitrogens with zero attached hydrogens (tertiary/aromatic N) is 13. The average molecular weight is 1610 g/mol. The van der Waals surface area contributed by atoms with Crippen molar-refractivity contribution < 1.29 is 70.6 Å². The number of hydrogen-bond acceptors (Lipinski definition) is 27. The van der Waals surface area contributed by atoms with Crippen LogP contribution in [0.3, 0.4) is 0 Å². The number of rotatable bonds is 39. The van der Waals surface area contributed by atoms with Gasteiger partial charge in [0, 0.05) is 107 Å². The molecule has 0 bridgehead atoms. The van der Waals surface area contributed by atoms with Crippen molar-refractivity contribution in [3.8, 4) is 39.8 Å². The zero-order valence-corrected chi connectivity index (χ0v) is 66.0. The van der Waals surface area contributed by atoms with E-state index in [0.29, 0.717) is 65.7 Å². The maximum atomic E-state index is 13.8. The van der Waals surface area contributed by atoms with Crippen LogP contribution in [0.25, 0.3) is 50.8 Å². The molecule has 1 unspecified atom stereocenters. The number of ether oxygens (including phenoxy) is 4. The summed E-state index contributed by atoms with van der Waals surface area (Å²) in [5.41, 5.74) is 10.9. The molecular formula is C81H94N18O16S. The molecule has 0 spiro atoms. The van der Waals surface area contributed by atoms with E-state index >= 15 is 0 Å². The molecule has 3 aliphatic rings. The van der Waals surface area contributed by atoms with Crippen LogP contribution in [0.4, 0.5) is 28.8 Å². The average Bonchev–Trinajstić information content (AvgIpc) is 1.60. The summed E-state index contributed by atoms with van der Waals surface area (Å²) in [6, 6.07) is 32.1. The lowest BCUT2D eigenvalue weighted by Gasteiger charge is -2.36. The number of nitrogens with one attached hydrogen (secondary N) is 4. The van der Waals surface area contributed by atoms with Gasteiger partial charge in [-0.15, -0.1) is 6.58 Å². The van der Waals surface area contributed by atoms with E-state index in [1.165, 1.54) is 47.4 Å². The van der Waals surface area contributed by atoms with Gasteiger partial charge >= 0.3 is 0 Å². The summed E-state index contributed by atoms with van der Waals surface area (Å²) in [7, 11) is -1.79. The minimum absolute atomic E-state index is 0.000736. The highest BCUT2D eigenvalue weighted by molar-refractivity contribution is 7.92. The molecule has 0 aliphatic carbocycles. The third kappa shape index (κ3) is 20.4. The van der Waals surface area contributed by atoms with Crippen molar-refractivity contribution >= 4 is 91.0 Å². The first-order valence-corrected chi connectivity index (χ1v) is 39.7. The number of piperidine rings is 1. The highest BCUT2D eigenvalue weighted by atomic mass is 32.2. The summed E-state index contributed by atoms with van der Waals surface area (Å²) in [6.45, 7) is 17.0. The topological polar surface area (TPSA) is 419 Å². The summed E-state index contributed by atoms with van der Waals surface area (Å²) in [5.74, 6) is -2.54. The standard InChI is InChI=1S/C81H94N18O16S/c1-7-31-97-77(105)60-47-85-80(91-75(60)99(97)67-14-9-13-66(89-67)81(4,5)108)86-56-22-24-57(25-23-56)95-34-32-94(33-35-95)36-39-111-42-43-112-40-37-96(70(102)49-83-30-10-15-68(100)87-61-12-8-11-59-72(61)79(107)98(78(59)106)64-28-29-69(101)90-76(64)104)38-41-113-44-45-114-51-71(103)93(6)50-53-16-18-54(19-17-53)62-46-65(115-92-62)73-74(82)84-48-63(88-73)55-20-26-58(27-21-55)116(109,110)52(2)3/h7-9,11-14,16-27,46-48,52,64,83,108H,1,10,15,28-45,49-51H2,2-6H3,(H2,82,84)(H,87,100)(H,85,86,91)(H,90,101,104). The minimum atomic E-state index is -3.46. The molecule has 7 amide bonds. The van der Waals surface area contributed by atoms with Crippen LogP contribution in [0, 0.1) is 0 Å². The first-order valence-electron chi connectivity index (χ1n) is 38.2. The second-order valence-corrected chi connectivity index (χ2v) is 31.3. The number of benzene rings is 4. The van der Waals surface area contributed by atoms with Crippen LogP contribution in [-0.2, 0) is 71.4 Å². The number of hydrogen-bond donors (Lipinski definition) is 6. The summed E-state index contributed by atoms with van der Waals surface area (Å²) in [5, 5.41) is 26.0. The van der Waals surface area contributed by atoms with Crippen LogP contribution in [0.15, 0.2) is 155 Å². The number of likely N-dealkylation sites (N-methyl/N-ethyl adjacent to an activating group) is 1. The van der Waals surface area contributed by atoms with E-state index in [1.807, 2.05) is 48.5 Å². The Morgan fingerprint density at radius 3 is 2.18 bits per heavy atom. The minimum Gasteiger partial charge on any atom is -0.384 e. The van der Waals surface area contributed by atoms with E-state index in [9.17, 15) is 51.9 Å². The van der Waals surface area contributed by atoms with Gasteiger partial charge in [-0.25, -0.2) is 37.7 Å². The fourth-order valence-corrected chi connectivity index (χ4v) is 14.4. The Morgan fingerprint density at radius 1 is 0.793 bits per heavy atom. The molecule has 7 N–H and O–H groups in total. The van der Waals surface area contributed by atoms with Crippen molar-refractivity contribution in [1.29, 1.82) is 0 Å². The monoisotopic (exact) mass is 1610 g/mol. The predicted molar refractivity (Wildman–Crippen MR) is 430 cm³/mol. The second kappa shape index (κ2) is 38.1. The molecule has 4 aromatic carbocycles. The number of piperazine rings is 1. The van der Waals surface area contributed by atoms with Gasteiger partial charge in [-0.3, -0.25) is 53.5 Å². The smallest absolute Gasteiger partial charge is 0.278 e. The summed E-state index contributed by atoms with van der Waals surface area (Å²) in [4.78, 5) is 137. The molecule has 5 aromatic heterocycles. The molecule has 0 radical (unpaired) electrons. The quantitative estimate of drug-likeness (QED) is 0.0151. The highest BCUT2D eigenvalue weighted by Gasteiger charge is 2.46. The Labute approximate surface area is 669 Å². The van der Waals surface area contributed by atoms with Crippen molar-refractivity contribution in [2.24, 2.45) is 0 Å². The van der Waals surface area contributed by atoms with Gasteiger partial charge in [0.1, 0.15) is 29.3 Å². The Morgan fingerprint density at radius 2 is 1.48 bits per heavy atom. The van der Waals surface area contributed by atoms with Crippen molar-refractivity contribution in [3.63, 3.8) is 0 Å². The number of sulfone groups is 1. The van der Waals surface area contributed by atoms with Crippen molar-refractivity contribution in [1.82, 2.24) is 69.7 Å². The molecule has 2 saturated heterocycles. The summed E-state index contributed by atoms with van der Waals surface area (Å²) < 4.78 is 57.6. The first kappa shape index (κ1) is 83.6. The maximum Gasteiger partial charge on any atom is 0.278 e. The van der Waals surface area contributed by atoms with Gasteiger partial charge in [-0.05, 0) is 113 Å². The van der Waals surface area contributed by atoms with Crippen LogP contribution >= 0.6 is 0 Å². The lowest BCUT2D eigenvalue weighted by atomic mass is 10.0. The van der Waals surface area contributed by atoms with Gasteiger partial charge in [0.15, 0.2) is 38.6 Å². The number of anilines is 5. The zero-order chi connectivity index (χ0) is 82.2. The van der Waals surface area contributed by atoms with Crippen LogP contribution < -0.4 is 37.5 Å².